The molecule has 0 bridgehead atoms. The van der Waals surface area contributed by atoms with Crippen LogP contribution in [0.25, 0.3) is 0 Å². The number of hydrogen-bond acceptors (Lipinski definition) is 4. The maximum atomic E-state index is 4.50. The Balaban J connectivity index is 1.88. The van der Waals surface area contributed by atoms with Gasteiger partial charge in [-0.25, -0.2) is 9.97 Å². The van der Waals surface area contributed by atoms with Crippen LogP contribution in [0.5, 0.6) is 0 Å². The van der Waals surface area contributed by atoms with E-state index in [9.17, 15) is 0 Å². The fourth-order valence-electron chi connectivity index (χ4n) is 2.39. The molecule has 1 fully saturated rings. The molecular weight excluding hydrogens is 236 g/mol. The Morgan fingerprint density at radius 1 is 1.32 bits per heavy atom. The van der Waals surface area contributed by atoms with Gasteiger partial charge in [0.15, 0.2) is 0 Å². The molecule has 4 heteroatoms. The highest BCUT2D eigenvalue weighted by molar-refractivity contribution is 5.32. The molecular formula is C15H26N4. The zero-order chi connectivity index (χ0) is 13.9. The lowest BCUT2D eigenvalue weighted by atomic mass is 9.93. The average Bonchev–Trinajstić information content (AvgIpc) is 2.70. The Hall–Kier alpha value is -1.16. The van der Waals surface area contributed by atoms with Crippen LogP contribution in [-0.4, -0.2) is 29.6 Å². The summed E-state index contributed by atoms with van der Waals surface area (Å²) in [5.41, 5.74) is 1.55. The molecule has 0 saturated carbocycles. The lowest BCUT2D eigenvalue weighted by Crippen LogP contribution is -2.25. The van der Waals surface area contributed by atoms with E-state index in [4.69, 9.17) is 0 Å². The Bertz CT molecular complexity index is 397. The molecule has 0 spiro atoms. The van der Waals surface area contributed by atoms with E-state index in [2.05, 4.69) is 47.9 Å². The van der Waals surface area contributed by atoms with Gasteiger partial charge in [-0.2, -0.15) is 0 Å². The third-order valence-corrected chi connectivity index (χ3v) is 3.53. The number of aromatic nitrogens is 2. The molecule has 0 amide bonds. The molecule has 1 aromatic heterocycles. The quantitative estimate of drug-likeness (QED) is 0.885. The van der Waals surface area contributed by atoms with E-state index in [0.717, 1.165) is 37.7 Å². The highest BCUT2D eigenvalue weighted by Gasteiger charge is 2.30. The predicted molar refractivity (Wildman–Crippen MR) is 79.2 cm³/mol. The zero-order valence-corrected chi connectivity index (χ0v) is 12.6. The topological polar surface area (TPSA) is 41.1 Å². The van der Waals surface area contributed by atoms with Crippen LogP contribution in [0.1, 0.15) is 39.7 Å². The summed E-state index contributed by atoms with van der Waals surface area (Å²) in [6, 6.07) is 0. The van der Waals surface area contributed by atoms with Crippen molar-refractivity contribution >= 4 is 5.95 Å². The van der Waals surface area contributed by atoms with Crippen molar-refractivity contribution < 1.29 is 0 Å². The fourth-order valence-corrected chi connectivity index (χ4v) is 2.39. The Morgan fingerprint density at radius 2 is 2.00 bits per heavy atom. The van der Waals surface area contributed by atoms with E-state index in [1.54, 1.807) is 0 Å². The monoisotopic (exact) mass is 262 g/mol. The summed E-state index contributed by atoms with van der Waals surface area (Å²) in [7, 11) is 0. The second-order valence-corrected chi connectivity index (χ2v) is 6.75. The van der Waals surface area contributed by atoms with Crippen molar-refractivity contribution in [3.05, 3.63) is 18.0 Å². The summed E-state index contributed by atoms with van der Waals surface area (Å²) in [5.74, 6) is 1.55. The van der Waals surface area contributed by atoms with Gasteiger partial charge in [0, 0.05) is 37.6 Å². The van der Waals surface area contributed by atoms with Crippen molar-refractivity contribution in [3.8, 4) is 0 Å². The van der Waals surface area contributed by atoms with Crippen molar-refractivity contribution in [2.24, 2.45) is 11.3 Å². The summed E-state index contributed by atoms with van der Waals surface area (Å²) >= 11 is 0. The third kappa shape index (κ3) is 4.16. The van der Waals surface area contributed by atoms with Crippen LogP contribution >= 0.6 is 0 Å². The number of rotatable bonds is 5. The van der Waals surface area contributed by atoms with E-state index < -0.39 is 0 Å². The zero-order valence-electron chi connectivity index (χ0n) is 12.6. The largest absolute Gasteiger partial charge is 0.340 e. The maximum absolute atomic E-state index is 4.50. The minimum atomic E-state index is 0.390. The first-order valence-corrected chi connectivity index (χ1v) is 7.23. The standard InChI is InChI=1S/C15H26N4/c1-12(2)7-16-8-13-9-17-14(18-10-13)19-6-5-15(3,4)11-19/h9-10,12,16H,5-8,11H2,1-4H3. The molecule has 1 aliphatic heterocycles. The Kier molecular flexibility index (Phi) is 4.40. The highest BCUT2D eigenvalue weighted by Crippen LogP contribution is 2.30. The molecule has 2 heterocycles. The molecule has 1 N–H and O–H groups in total. The Labute approximate surface area is 116 Å². The number of nitrogens with zero attached hydrogens (tertiary/aromatic N) is 3. The van der Waals surface area contributed by atoms with Crippen molar-refractivity contribution in [1.29, 1.82) is 0 Å². The molecule has 1 aliphatic rings. The molecule has 0 radical (unpaired) electrons. The molecule has 1 saturated heterocycles. The van der Waals surface area contributed by atoms with Gasteiger partial charge in [-0.1, -0.05) is 27.7 Å². The fraction of sp³-hybridized carbons (Fsp3) is 0.733. The summed E-state index contributed by atoms with van der Waals surface area (Å²) in [6.07, 6.45) is 5.11. The minimum Gasteiger partial charge on any atom is -0.340 e. The average molecular weight is 262 g/mol. The van der Waals surface area contributed by atoms with Gasteiger partial charge < -0.3 is 10.2 Å². The van der Waals surface area contributed by atoms with Gasteiger partial charge in [0.05, 0.1) is 0 Å². The molecule has 0 atom stereocenters. The van der Waals surface area contributed by atoms with Crippen LogP contribution in [0.15, 0.2) is 12.4 Å². The normalized spacial score (nSPS) is 18.3. The second-order valence-electron chi connectivity index (χ2n) is 6.75. The summed E-state index contributed by atoms with van der Waals surface area (Å²) in [6.45, 7) is 13.0. The second kappa shape index (κ2) is 5.87. The first-order chi connectivity index (χ1) is 8.96. The molecule has 106 valence electrons. The summed E-state index contributed by atoms with van der Waals surface area (Å²) in [4.78, 5) is 11.3. The van der Waals surface area contributed by atoms with Crippen molar-refractivity contribution in [2.45, 2.75) is 40.7 Å². The molecule has 1 aromatic rings. The number of anilines is 1. The van der Waals surface area contributed by atoms with Crippen LogP contribution in [0, 0.1) is 11.3 Å². The van der Waals surface area contributed by atoms with Gasteiger partial charge in [0.2, 0.25) is 5.95 Å². The molecule has 2 rings (SSSR count). The van der Waals surface area contributed by atoms with Gasteiger partial charge in [-0.05, 0) is 24.3 Å². The molecule has 19 heavy (non-hydrogen) atoms. The summed E-state index contributed by atoms with van der Waals surface area (Å²) < 4.78 is 0. The molecule has 0 aromatic carbocycles. The maximum Gasteiger partial charge on any atom is 0.225 e. The lowest BCUT2D eigenvalue weighted by molar-refractivity contribution is 0.418. The molecule has 0 aliphatic carbocycles. The van der Waals surface area contributed by atoms with Crippen molar-refractivity contribution in [1.82, 2.24) is 15.3 Å². The minimum absolute atomic E-state index is 0.390. The summed E-state index contributed by atoms with van der Waals surface area (Å²) in [5, 5.41) is 3.41. The first kappa shape index (κ1) is 14.3. The van der Waals surface area contributed by atoms with Crippen LogP contribution in [0.3, 0.4) is 0 Å². The van der Waals surface area contributed by atoms with E-state index in [0.29, 0.717) is 11.3 Å². The molecule has 0 unspecified atom stereocenters. The van der Waals surface area contributed by atoms with Crippen LogP contribution in [0.4, 0.5) is 5.95 Å². The van der Waals surface area contributed by atoms with Gasteiger partial charge >= 0.3 is 0 Å². The van der Waals surface area contributed by atoms with Crippen molar-refractivity contribution in [3.63, 3.8) is 0 Å². The first-order valence-electron chi connectivity index (χ1n) is 7.23. The lowest BCUT2D eigenvalue weighted by Gasteiger charge is -2.19. The van der Waals surface area contributed by atoms with Gasteiger partial charge in [0.1, 0.15) is 0 Å². The third-order valence-electron chi connectivity index (χ3n) is 3.53. The van der Waals surface area contributed by atoms with Gasteiger partial charge in [-0.15, -0.1) is 0 Å². The van der Waals surface area contributed by atoms with Crippen LogP contribution in [-0.2, 0) is 6.54 Å². The van der Waals surface area contributed by atoms with E-state index in [1.165, 1.54) is 6.42 Å². The van der Waals surface area contributed by atoms with Gasteiger partial charge in [0.25, 0.3) is 0 Å². The van der Waals surface area contributed by atoms with E-state index >= 15 is 0 Å². The number of hydrogen-bond donors (Lipinski definition) is 1. The SMILES string of the molecule is CC(C)CNCc1cnc(N2CCC(C)(C)C2)nc1. The highest BCUT2D eigenvalue weighted by atomic mass is 15.3. The van der Waals surface area contributed by atoms with E-state index in [-0.39, 0.29) is 0 Å². The molecule has 4 nitrogen and oxygen atoms in total. The van der Waals surface area contributed by atoms with Crippen LogP contribution in [0.2, 0.25) is 0 Å². The number of nitrogens with one attached hydrogen (secondary N) is 1. The Morgan fingerprint density at radius 3 is 2.53 bits per heavy atom. The smallest absolute Gasteiger partial charge is 0.225 e. The van der Waals surface area contributed by atoms with Crippen molar-refractivity contribution in [2.75, 3.05) is 24.5 Å². The van der Waals surface area contributed by atoms with Gasteiger partial charge in [-0.3, -0.25) is 0 Å². The van der Waals surface area contributed by atoms with E-state index in [1.807, 2.05) is 12.4 Å². The van der Waals surface area contributed by atoms with Crippen LogP contribution < -0.4 is 10.2 Å². The predicted octanol–water partition coefficient (Wildman–Crippen LogP) is 2.46.